The predicted octanol–water partition coefficient (Wildman–Crippen LogP) is 3.70. The number of nitriles is 1. The number of nitro groups is 1. The maximum absolute atomic E-state index is 11.1. The fourth-order valence-corrected chi connectivity index (χ4v) is 3.16. The highest BCUT2D eigenvalue weighted by atomic mass is 16.6. The third kappa shape index (κ3) is 3.27. The first-order valence-corrected chi connectivity index (χ1v) is 6.94. The lowest BCUT2D eigenvalue weighted by atomic mass is 9.80. The maximum atomic E-state index is 11.1. The molecule has 0 saturated heterocycles. The van der Waals surface area contributed by atoms with Crippen LogP contribution in [0.4, 0.5) is 11.4 Å². The van der Waals surface area contributed by atoms with Gasteiger partial charge in [0.15, 0.2) is 0 Å². The lowest BCUT2D eigenvalue weighted by Gasteiger charge is -2.32. The minimum absolute atomic E-state index is 0.0186. The van der Waals surface area contributed by atoms with Crippen LogP contribution in [0.15, 0.2) is 18.2 Å². The monoisotopic (exact) mass is 273 g/mol. The number of hydrogen-bond acceptors (Lipinski definition) is 4. The molecule has 0 radical (unpaired) electrons. The fourth-order valence-electron chi connectivity index (χ4n) is 3.16. The van der Waals surface area contributed by atoms with E-state index in [0.29, 0.717) is 23.1 Å². The highest BCUT2D eigenvalue weighted by Gasteiger charge is 2.25. The molecule has 1 fully saturated rings. The molecule has 20 heavy (non-hydrogen) atoms. The van der Waals surface area contributed by atoms with Gasteiger partial charge in [0.25, 0.3) is 5.69 Å². The third-order valence-electron chi connectivity index (χ3n) is 3.86. The summed E-state index contributed by atoms with van der Waals surface area (Å²) in [5.41, 5.74) is 0.808. The van der Waals surface area contributed by atoms with Crippen LogP contribution < -0.4 is 5.32 Å². The molecular weight excluding hydrogens is 254 g/mol. The zero-order chi connectivity index (χ0) is 14.7. The Morgan fingerprint density at radius 3 is 2.50 bits per heavy atom. The Hall–Kier alpha value is -2.09. The molecule has 1 aromatic rings. The first-order valence-electron chi connectivity index (χ1n) is 6.94. The molecule has 1 saturated carbocycles. The van der Waals surface area contributed by atoms with Gasteiger partial charge in [0.1, 0.15) is 5.69 Å². The van der Waals surface area contributed by atoms with Crippen LogP contribution >= 0.6 is 0 Å². The number of anilines is 1. The van der Waals surface area contributed by atoms with Gasteiger partial charge < -0.3 is 5.32 Å². The highest BCUT2D eigenvalue weighted by Crippen LogP contribution is 2.33. The van der Waals surface area contributed by atoms with Gasteiger partial charge in [-0.25, -0.2) is 0 Å². The Morgan fingerprint density at radius 1 is 1.30 bits per heavy atom. The molecule has 0 aliphatic heterocycles. The molecule has 5 nitrogen and oxygen atoms in total. The van der Waals surface area contributed by atoms with Gasteiger partial charge in [0, 0.05) is 12.1 Å². The van der Waals surface area contributed by atoms with Gasteiger partial charge >= 0.3 is 0 Å². The van der Waals surface area contributed by atoms with Gasteiger partial charge in [0.2, 0.25) is 0 Å². The first-order chi connectivity index (χ1) is 9.49. The lowest BCUT2D eigenvalue weighted by Crippen LogP contribution is -2.30. The molecule has 1 aromatic carbocycles. The van der Waals surface area contributed by atoms with E-state index in [-0.39, 0.29) is 11.7 Å². The number of nitro benzene ring substituents is 1. The number of rotatable bonds is 3. The second-order valence-corrected chi connectivity index (χ2v) is 5.86. The molecule has 0 bridgehead atoms. The van der Waals surface area contributed by atoms with Crippen LogP contribution in [0.5, 0.6) is 0 Å². The van der Waals surface area contributed by atoms with E-state index in [9.17, 15) is 10.1 Å². The Kier molecular flexibility index (Phi) is 4.23. The topological polar surface area (TPSA) is 79.0 Å². The van der Waals surface area contributed by atoms with E-state index in [1.54, 1.807) is 12.1 Å². The van der Waals surface area contributed by atoms with Crippen molar-refractivity contribution in [3.63, 3.8) is 0 Å². The first kappa shape index (κ1) is 14.3. The van der Waals surface area contributed by atoms with Crippen molar-refractivity contribution in [1.29, 1.82) is 5.26 Å². The molecule has 0 aromatic heterocycles. The Bertz CT molecular complexity index is 541. The second kappa shape index (κ2) is 5.91. The van der Waals surface area contributed by atoms with Gasteiger partial charge in [-0.15, -0.1) is 0 Å². The summed E-state index contributed by atoms with van der Waals surface area (Å²) in [6.45, 7) is 4.44. The zero-order valence-electron chi connectivity index (χ0n) is 11.8. The van der Waals surface area contributed by atoms with Gasteiger partial charge in [-0.3, -0.25) is 10.1 Å². The summed E-state index contributed by atoms with van der Waals surface area (Å²) in [6.07, 6.45) is 3.27. The minimum Gasteiger partial charge on any atom is -0.377 e. The average Bonchev–Trinajstić information content (AvgIpc) is 2.37. The van der Waals surface area contributed by atoms with Crippen molar-refractivity contribution in [3.8, 4) is 6.07 Å². The quantitative estimate of drug-likeness (QED) is 0.672. The molecule has 0 heterocycles. The summed E-state index contributed by atoms with van der Waals surface area (Å²) in [7, 11) is 0. The van der Waals surface area contributed by atoms with Crippen molar-refractivity contribution < 1.29 is 4.92 Å². The SMILES string of the molecule is CC1CC(C)CC(Nc2ccc(C#N)cc2[N+](=O)[O-])C1. The maximum Gasteiger partial charge on any atom is 0.293 e. The minimum atomic E-state index is -0.432. The van der Waals surface area contributed by atoms with Crippen LogP contribution in [0.25, 0.3) is 0 Å². The number of nitrogens with one attached hydrogen (secondary N) is 1. The predicted molar refractivity (Wildman–Crippen MR) is 77.4 cm³/mol. The normalized spacial score (nSPS) is 25.8. The van der Waals surface area contributed by atoms with Crippen molar-refractivity contribution >= 4 is 11.4 Å². The molecule has 0 spiro atoms. The zero-order valence-corrected chi connectivity index (χ0v) is 11.8. The van der Waals surface area contributed by atoms with Gasteiger partial charge in [-0.05, 0) is 43.2 Å². The largest absolute Gasteiger partial charge is 0.377 e. The summed E-state index contributed by atoms with van der Waals surface area (Å²) in [4.78, 5) is 10.7. The molecule has 1 N–H and O–H groups in total. The van der Waals surface area contributed by atoms with E-state index >= 15 is 0 Å². The van der Waals surface area contributed by atoms with Crippen molar-refractivity contribution in [3.05, 3.63) is 33.9 Å². The van der Waals surface area contributed by atoms with Crippen molar-refractivity contribution in [2.75, 3.05) is 5.32 Å². The molecular formula is C15H19N3O2. The number of hydrogen-bond donors (Lipinski definition) is 1. The van der Waals surface area contributed by atoms with Crippen molar-refractivity contribution in [2.24, 2.45) is 11.8 Å². The van der Waals surface area contributed by atoms with Crippen molar-refractivity contribution in [2.45, 2.75) is 39.2 Å². The van der Waals surface area contributed by atoms with Crippen LogP contribution in [0.3, 0.4) is 0 Å². The Morgan fingerprint density at radius 2 is 1.95 bits per heavy atom. The summed E-state index contributed by atoms with van der Waals surface area (Å²) in [5, 5.41) is 23.2. The van der Waals surface area contributed by atoms with Crippen LogP contribution in [0.1, 0.15) is 38.7 Å². The van der Waals surface area contributed by atoms with E-state index in [0.717, 1.165) is 12.8 Å². The van der Waals surface area contributed by atoms with Gasteiger partial charge in [-0.1, -0.05) is 13.8 Å². The molecule has 106 valence electrons. The molecule has 1 aliphatic carbocycles. The van der Waals surface area contributed by atoms with E-state index in [1.807, 2.05) is 6.07 Å². The standard InChI is InChI=1S/C15H19N3O2/c1-10-5-11(2)7-13(6-10)17-14-4-3-12(9-16)8-15(14)18(19)20/h3-4,8,10-11,13,17H,5-7H2,1-2H3. The van der Waals surface area contributed by atoms with E-state index < -0.39 is 4.92 Å². The summed E-state index contributed by atoms with van der Waals surface area (Å²) in [6, 6.07) is 6.79. The molecule has 2 unspecified atom stereocenters. The second-order valence-electron chi connectivity index (χ2n) is 5.86. The third-order valence-corrected chi connectivity index (χ3v) is 3.86. The van der Waals surface area contributed by atoms with E-state index in [4.69, 9.17) is 5.26 Å². The fraction of sp³-hybridized carbons (Fsp3) is 0.533. The molecule has 2 atom stereocenters. The molecule has 2 rings (SSSR count). The lowest BCUT2D eigenvalue weighted by molar-refractivity contribution is -0.384. The summed E-state index contributed by atoms with van der Waals surface area (Å²) in [5.74, 6) is 1.27. The molecule has 0 amide bonds. The summed E-state index contributed by atoms with van der Waals surface area (Å²) >= 11 is 0. The van der Waals surface area contributed by atoms with E-state index in [2.05, 4.69) is 19.2 Å². The van der Waals surface area contributed by atoms with Crippen LogP contribution in [0.2, 0.25) is 0 Å². The smallest absolute Gasteiger partial charge is 0.293 e. The highest BCUT2D eigenvalue weighted by molar-refractivity contribution is 5.64. The molecule has 5 heteroatoms. The van der Waals surface area contributed by atoms with E-state index in [1.165, 1.54) is 12.5 Å². The summed E-state index contributed by atoms with van der Waals surface area (Å²) < 4.78 is 0. The van der Waals surface area contributed by atoms with Gasteiger partial charge in [-0.2, -0.15) is 5.26 Å². The Balaban J connectivity index is 2.20. The van der Waals surface area contributed by atoms with Crippen molar-refractivity contribution in [1.82, 2.24) is 0 Å². The number of nitrogens with zero attached hydrogens (tertiary/aromatic N) is 2. The number of benzene rings is 1. The molecule has 1 aliphatic rings. The van der Waals surface area contributed by atoms with Gasteiger partial charge in [0.05, 0.1) is 16.6 Å². The Labute approximate surface area is 118 Å². The average molecular weight is 273 g/mol. The van der Waals surface area contributed by atoms with Crippen LogP contribution in [-0.4, -0.2) is 11.0 Å². The van der Waals surface area contributed by atoms with Crippen LogP contribution in [0, 0.1) is 33.3 Å². The van der Waals surface area contributed by atoms with Crippen LogP contribution in [-0.2, 0) is 0 Å².